The molecule has 8 N–H and O–H groups in total. The quantitative estimate of drug-likeness (QED) is 0.0522. The molecule has 0 saturated heterocycles. The summed E-state index contributed by atoms with van der Waals surface area (Å²) < 4.78 is 92.5. The van der Waals surface area contributed by atoms with Crippen molar-refractivity contribution >= 4 is 77.6 Å². The summed E-state index contributed by atoms with van der Waals surface area (Å²) in [5, 5.41) is 12.1. The van der Waals surface area contributed by atoms with Gasteiger partial charge in [0.05, 0.1) is 11.2 Å². The van der Waals surface area contributed by atoms with Crippen molar-refractivity contribution in [1.82, 2.24) is 15.1 Å². The van der Waals surface area contributed by atoms with E-state index >= 15 is 0 Å². The number of amidine groups is 1. The number of primary amides is 1. The third-order valence-electron chi connectivity index (χ3n) is 6.86. The second-order valence-electron chi connectivity index (χ2n) is 10.4. The average Bonchev–Trinajstić information content (AvgIpc) is 3.05. The van der Waals surface area contributed by atoms with Crippen LogP contribution in [0.15, 0.2) is 102 Å². The van der Waals surface area contributed by atoms with Crippen molar-refractivity contribution in [2.24, 2.45) is 11.5 Å². The smallest absolute Gasteiger partial charge is 0.384 e. The summed E-state index contributed by atoms with van der Waals surface area (Å²) in [7, 11) is -10.0. The number of pyridine rings is 1. The minimum absolute atomic E-state index is 0. The van der Waals surface area contributed by atoms with Gasteiger partial charge >= 0.3 is 15.5 Å². The largest absolute Gasteiger partial charge is 0.513 e. The SMILES string of the molecule is Cl.N=C(N)c1ccc(CNC(=O)c2cccc3cc(N(CC(N)=O)NS(=O)(=O)C(F)(F)F)ccc23)cc1.O=S(=O)(O)c1cccc2cccnc12. The maximum Gasteiger partial charge on any atom is 0.513 e. The Morgan fingerprint density at radius 2 is 1.51 bits per heavy atom. The van der Waals surface area contributed by atoms with Gasteiger partial charge in [0.1, 0.15) is 17.3 Å². The summed E-state index contributed by atoms with van der Waals surface area (Å²) in [4.78, 5) is 29.2. The topological polar surface area (TPSA) is 239 Å². The highest BCUT2D eigenvalue weighted by molar-refractivity contribution is 7.90. The van der Waals surface area contributed by atoms with Gasteiger partial charge in [0.25, 0.3) is 16.0 Å². The molecule has 0 atom stereocenters. The lowest BCUT2D eigenvalue weighted by Gasteiger charge is -2.24. The number of hydrogen-bond donors (Lipinski definition) is 6. The van der Waals surface area contributed by atoms with Crippen LogP contribution in [0.3, 0.4) is 0 Å². The van der Waals surface area contributed by atoms with Gasteiger partial charge in [-0.15, -0.1) is 17.2 Å². The number of fused-ring (bicyclic) bond motifs is 2. The molecule has 4 aromatic carbocycles. The Balaban J connectivity index is 0.000000389. The van der Waals surface area contributed by atoms with Crippen LogP contribution < -0.4 is 26.6 Å². The predicted octanol–water partition coefficient (Wildman–Crippen LogP) is 3.60. The summed E-state index contributed by atoms with van der Waals surface area (Å²) in [5.41, 5.74) is 6.63. The van der Waals surface area contributed by atoms with E-state index in [0.717, 1.165) is 5.56 Å². The lowest BCUT2D eigenvalue weighted by molar-refractivity contribution is -0.116. The number of anilines is 1. The van der Waals surface area contributed by atoms with Gasteiger partial charge in [0, 0.05) is 29.3 Å². The number of carbonyl (C=O) groups excluding carboxylic acids is 2. The van der Waals surface area contributed by atoms with E-state index in [9.17, 15) is 39.6 Å². The number of nitrogen functional groups attached to an aromatic ring is 1. The number of hydrazine groups is 1. The van der Waals surface area contributed by atoms with Crippen LogP contribution >= 0.6 is 12.4 Å². The Morgan fingerprint density at radius 1 is 0.882 bits per heavy atom. The zero-order valence-corrected chi connectivity index (χ0v) is 28.4. The van der Waals surface area contributed by atoms with Crippen LogP contribution in [0.1, 0.15) is 21.5 Å². The Kier molecular flexibility index (Phi) is 12.7. The van der Waals surface area contributed by atoms with Crippen LogP contribution in [0.25, 0.3) is 21.7 Å². The van der Waals surface area contributed by atoms with Crippen molar-refractivity contribution in [2.45, 2.75) is 16.9 Å². The number of aromatic nitrogens is 1. The predicted molar refractivity (Wildman–Crippen MR) is 186 cm³/mol. The van der Waals surface area contributed by atoms with Crippen LogP contribution in [-0.2, 0) is 31.5 Å². The zero-order valence-electron chi connectivity index (χ0n) is 26.0. The fraction of sp³-hybridized carbons (Fsp3) is 0.0968. The third-order valence-corrected chi connectivity index (χ3v) is 8.82. The molecule has 0 aliphatic heterocycles. The van der Waals surface area contributed by atoms with Crippen LogP contribution in [0.5, 0.6) is 0 Å². The molecule has 0 spiro atoms. The summed E-state index contributed by atoms with van der Waals surface area (Å²) in [5.74, 6) is -1.60. The standard InChI is InChI=1S/C22H21F3N6O4S.C9H7NO3S.ClH/c23-22(24,25)36(34,35)30-31(12-19(26)32)16-8-9-17-15(10-16)2-1-3-18(17)21(33)29-11-13-4-6-14(7-5-13)20(27)28;11-14(12,13)8-5-1-3-7-4-2-6-10-9(7)8;/h1-10,30H,11-12H2,(H2,26,32)(H3,27,28)(H,29,33);1-6H,(H,11,12,13);1H. The number of nitrogens with zero attached hydrogens (tertiary/aromatic N) is 2. The van der Waals surface area contributed by atoms with E-state index in [4.69, 9.17) is 21.4 Å². The fourth-order valence-corrected chi connectivity index (χ4v) is 5.76. The minimum Gasteiger partial charge on any atom is -0.384 e. The maximum atomic E-state index is 12.8. The highest BCUT2D eigenvalue weighted by atomic mass is 35.5. The number of para-hydroxylation sites is 1. The molecule has 0 unspecified atom stereocenters. The minimum atomic E-state index is -5.82. The maximum absolute atomic E-state index is 12.8. The second-order valence-corrected chi connectivity index (χ2v) is 13.4. The van der Waals surface area contributed by atoms with Crippen LogP contribution in [-0.4, -0.2) is 56.1 Å². The van der Waals surface area contributed by atoms with Gasteiger partial charge in [-0.2, -0.15) is 21.6 Å². The van der Waals surface area contributed by atoms with Crippen molar-refractivity contribution in [3.05, 3.63) is 114 Å². The van der Waals surface area contributed by atoms with Crippen molar-refractivity contribution in [3.8, 4) is 0 Å². The summed E-state index contributed by atoms with van der Waals surface area (Å²) in [6, 6.07) is 23.4. The first-order valence-electron chi connectivity index (χ1n) is 14.1. The van der Waals surface area contributed by atoms with Crippen LogP contribution in [0, 0.1) is 5.41 Å². The van der Waals surface area contributed by atoms with Crippen molar-refractivity contribution in [1.29, 1.82) is 5.41 Å². The van der Waals surface area contributed by atoms with E-state index in [2.05, 4.69) is 10.3 Å². The number of rotatable bonds is 10. The lowest BCUT2D eigenvalue weighted by atomic mass is 10.0. The molecule has 5 aromatic rings. The summed E-state index contributed by atoms with van der Waals surface area (Å²) in [6.07, 6.45) is 1.48. The van der Waals surface area contributed by atoms with Crippen molar-refractivity contribution < 1.29 is 44.1 Å². The molecule has 1 heterocycles. The molecule has 5 rings (SSSR count). The normalized spacial score (nSPS) is 11.5. The fourth-order valence-electron chi connectivity index (χ4n) is 4.53. The molecule has 20 heteroatoms. The van der Waals surface area contributed by atoms with Gasteiger partial charge in [-0.1, -0.05) is 60.7 Å². The van der Waals surface area contributed by atoms with E-state index in [1.165, 1.54) is 35.3 Å². The Bertz CT molecular complexity index is 2310. The van der Waals surface area contributed by atoms with Gasteiger partial charge in [0.15, 0.2) is 0 Å². The molecule has 0 aliphatic rings. The lowest BCUT2D eigenvalue weighted by Crippen LogP contribution is -2.50. The number of sulfonamides is 1. The van der Waals surface area contributed by atoms with E-state index in [0.29, 0.717) is 26.7 Å². The van der Waals surface area contributed by atoms with Gasteiger partial charge in [-0.3, -0.25) is 29.5 Å². The van der Waals surface area contributed by atoms with Gasteiger partial charge in [0.2, 0.25) is 5.91 Å². The molecule has 0 bridgehead atoms. The van der Waals surface area contributed by atoms with E-state index in [1.54, 1.807) is 66.7 Å². The number of nitrogens with one attached hydrogen (secondary N) is 3. The van der Waals surface area contributed by atoms with E-state index in [1.807, 2.05) is 0 Å². The molecular formula is C31H29ClF3N7O7S2. The molecule has 270 valence electrons. The second kappa shape index (κ2) is 16.1. The van der Waals surface area contributed by atoms with Crippen molar-refractivity contribution in [2.75, 3.05) is 11.6 Å². The molecule has 2 amide bonds. The highest BCUT2D eigenvalue weighted by Crippen LogP contribution is 2.27. The molecule has 0 fully saturated rings. The third kappa shape index (κ3) is 10.1. The van der Waals surface area contributed by atoms with E-state index in [-0.39, 0.29) is 46.5 Å². The molecule has 0 aliphatic carbocycles. The summed E-state index contributed by atoms with van der Waals surface area (Å²) in [6.45, 7) is -0.694. The monoisotopic (exact) mass is 767 g/mol. The first kappa shape index (κ1) is 40.1. The number of hydrogen-bond acceptors (Lipinski definition) is 9. The first-order chi connectivity index (χ1) is 23.4. The molecule has 1 aromatic heterocycles. The van der Waals surface area contributed by atoms with Crippen LogP contribution in [0.4, 0.5) is 18.9 Å². The highest BCUT2D eigenvalue weighted by Gasteiger charge is 2.47. The Morgan fingerprint density at radius 3 is 2.12 bits per heavy atom. The van der Waals surface area contributed by atoms with Gasteiger partial charge < -0.3 is 16.8 Å². The van der Waals surface area contributed by atoms with Gasteiger partial charge in [-0.25, -0.2) is 8.42 Å². The van der Waals surface area contributed by atoms with Crippen molar-refractivity contribution in [3.63, 3.8) is 0 Å². The molecule has 0 saturated carbocycles. The number of alkyl halides is 3. The Labute approximate surface area is 295 Å². The number of benzene rings is 4. The van der Waals surface area contributed by atoms with Crippen LogP contribution in [0.2, 0.25) is 0 Å². The summed E-state index contributed by atoms with van der Waals surface area (Å²) >= 11 is 0. The number of carbonyl (C=O) groups is 2. The number of amides is 2. The number of halogens is 4. The average molecular weight is 768 g/mol. The first-order valence-corrected chi connectivity index (χ1v) is 17.0. The zero-order chi connectivity index (χ0) is 36.9. The Hall–Kier alpha value is -5.34. The molecule has 51 heavy (non-hydrogen) atoms. The van der Waals surface area contributed by atoms with E-state index < -0.39 is 44.0 Å². The molecule has 14 nitrogen and oxygen atoms in total. The molecular weight excluding hydrogens is 739 g/mol. The van der Waals surface area contributed by atoms with Gasteiger partial charge in [-0.05, 0) is 46.7 Å². The molecule has 0 radical (unpaired) electrons. The number of nitrogens with two attached hydrogens (primary N) is 2.